The van der Waals surface area contributed by atoms with Gasteiger partial charge in [0.2, 0.25) is 5.91 Å². The zero-order chi connectivity index (χ0) is 18.4. The van der Waals surface area contributed by atoms with E-state index >= 15 is 0 Å². The molecule has 3 nitrogen and oxygen atoms in total. The highest BCUT2D eigenvalue weighted by atomic mass is 19.4. The van der Waals surface area contributed by atoms with Crippen LogP contribution in [0.15, 0.2) is 55.2 Å². The summed E-state index contributed by atoms with van der Waals surface area (Å²) in [7, 11) is 0. The number of hydrogen-bond acceptors (Lipinski definition) is 1. The van der Waals surface area contributed by atoms with Crippen LogP contribution < -0.4 is 5.73 Å². The average molecular weight is 344 g/mol. The lowest BCUT2D eigenvalue weighted by Crippen LogP contribution is -2.11. The smallest absolute Gasteiger partial charge is 0.366 e. The summed E-state index contributed by atoms with van der Waals surface area (Å²) in [6, 6.07) is 10.3. The Hall–Kier alpha value is -3.02. The number of aromatic nitrogens is 1. The summed E-state index contributed by atoms with van der Waals surface area (Å²) in [5.41, 5.74) is 7.76. The molecule has 0 bridgehead atoms. The number of rotatable bonds is 3. The fourth-order valence-electron chi connectivity index (χ4n) is 2.75. The molecule has 1 heterocycles. The third-order valence-corrected chi connectivity index (χ3v) is 4.12. The number of nitrogens with zero attached hydrogens (tertiary/aromatic N) is 1. The molecule has 2 aromatic carbocycles. The minimum atomic E-state index is -4.36. The monoisotopic (exact) mass is 344 g/mol. The molecule has 3 rings (SSSR count). The molecule has 3 aromatic rings. The first-order valence-corrected chi connectivity index (χ1v) is 7.47. The number of aryl methyl sites for hydroxylation is 1. The second-order valence-electron chi connectivity index (χ2n) is 5.80. The standard InChI is InChI=1S/C19H15F3N2O/c1-11-10-24(15-6-4-14(5-7-15)19(20,21)22)17-8-3-13(9-16(11)17)12(2)18(23)25/h3-10H,2H2,1H3,(H2,23,25). The Labute approximate surface area is 142 Å². The summed E-state index contributed by atoms with van der Waals surface area (Å²) in [5, 5.41) is 0.875. The fraction of sp³-hybridized carbons (Fsp3) is 0.105. The van der Waals surface area contributed by atoms with E-state index in [4.69, 9.17) is 5.73 Å². The van der Waals surface area contributed by atoms with Gasteiger partial charge in [0, 0.05) is 22.8 Å². The van der Waals surface area contributed by atoms with E-state index in [0.29, 0.717) is 11.3 Å². The van der Waals surface area contributed by atoms with Crippen molar-refractivity contribution >= 4 is 22.4 Å². The highest BCUT2D eigenvalue weighted by molar-refractivity contribution is 6.18. The van der Waals surface area contributed by atoms with Gasteiger partial charge in [0.15, 0.2) is 0 Å². The molecule has 0 radical (unpaired) electrons. The molecule has 0 aliphatic heterocycles. The molecule has 1 amide bonds. The summed E-state index contributed by atoms with van der Waals surface area (Å²) < 4.78 is 39.9. The van der Waals surface area contributed by atoms with E-state index in [-0.39, 0.29) is 5.57 Å². The Kier molecular flexibility index (Phi) is 3.91. The van der Waals surface area contributed by atoms with Gasteiger partial charge in [-0.15, -0.1) is 0 Å². The molecule has 6 heteroatoms. The third-order valence-electron chi connectivity index (χ3n) is 4.12. The van der Waals surface area contributed by atoms with Crippen LogP contribution in [0.3, 0.4) is 0 Å². The van der Waals surface area contributed by atoms with Crippen molar-refractivity contribution in [1.82, 2.24) is 4.57 Å². The molecule has 1 aromatic heterocycles. The first-order chi connectivity index (χ1) is 11.7. The SMILES string of the molecule is C=C(C(N)=O)c1ccc2c(c1)c(C)cn2-c1ccc(C(F)(F)F)cc1. The summed E-state index contributed by atoms with van der Waals surface area (Å²) in [6.45, 7) is 5.56. The van der Waals surface area contributed by atoms with E-state index in [9.17, 15) is 18.0 Å². The lowest BCUT2D eigenvalue weighted by Gasteiger charge is -2.10. The van der Waals surface area contributed by atoms with Gasteiger partial charge in [-0.3, -0.25) is 4.79 Å². The molecular weight excluding hydrogens is 329 g/mol. The van der Waals surface area contributed by atoms with Crippen LogP contribution in [0.1, 0.15) is 16.7 Å². The number of carbonyl (C=O) groups is 1. The van der Waals surface area contributed by atoms with Gasteiger partial charge < -0.3 is 10.3 Å². The van der Waals surface area contributed by atoms with Crippen LogP contribution in [-0.4, -0.2) is 10.5 Å². The Morgan fingerprint density at radius 2 is 1.76 bits per heavy atom. The molecule has 0 aliphatic rings. The molecule has 0 unspecified atom stereocenters. The van der Waals surface area contributed by atoms with Gasteiger partial charge in [0.1, 0.15) is 0 Å². The van der Waals surface area contributed by atoms with E-state index in [1.807, 2.05) is 17.7 Å². The number of amides is 1. The number of alkyl halides is 3. The van der Waals surface area contributed by atoms with E-state index in [0.717, 1.165) is 28.6 Å². The summed E-state index contributed by atoms with van der Waals surface area (Å²) >= 11 is 0. The topological polar surface area (TPSA) is 48.0 Å². The minimum absolute atomic E-state index is 0.212. The van der Waals surface area contributed by atoms with Crippen molar-refractivity contribution in [3.8, 4) is 5.69 Å². The van der Waals surface area contributed by atoms with Gasteiger partial charge in [-0.2, -0.15) is 13.2 Å². The minimum Gasteiger partial charge on any atom is -0.366 e. The third kappa shape index (κ3) is 3.03. The maximum Gasteiger partial charge on any atom is 0.416 e. The van der Waals surface area contributed by atoms with Crippen molar-refractivity contribution < 1.29 is 18.0 Å². The quantitative estimate of drug-likeness (QED) is 0.701. The Morgan fingerprint density at radius 3 is 2.32 bits per heavy atom. The van der Waals surface area contributed by atoms with Gasteiger partial charge in [0.05, 0.1) is 11.1 Å². The molecule has 25 heavy (non-hydrogen) atoms. The van der Waals surface area contributed by atoms with Crippen LogP contribution in [-0.2, 0) is 11.0 Å². The van der Waals surface area contributed by atoms with E-state index in [1.165, 1.54) is 12.1 Å². The highest BCUT2D eigenvalue weighted by Gasteiger charge is 2.30. The van der Waals surface area contributed by atoms with Crippen molar-refractivity contribution in [3.05, 3.63) is 71.9 Å². The van der Waals surface area contributed by atoms with Gasteiger partial charge in [-0.1, -0.05) is 12.6 Å². The molecule has 0 saturated heterocycles. The lowest BCUT2D eigenvalue weighted by atomic mass is 10.0. The first-order valence-electron chi connectivity index (χ1n) is 7.47. The zero-order valence-corrected chi connectivity index (χ0v) is 13.4. The predicted octanol–water partition coefficient (Wildman–Crippen LogP) is 4.46. The molecule has 0 atom stereocenters. The van der Waals surface area contributed by atoms with Crippen molar-refractivity contribution in [2.75, 3.05) is 0 Å². The zero-order valence-electron chi connectivity index (χ0n) is 13.4. The number of halogens is 3. The number of nitrogens with two attached hydrogens (primary N) is 1. The van der Waals surface area contributed by atoms with Gasteiger partial charge in [-0.25, -0.2) is 0 Å². The lowest BCUT2D eigenvalue weighted by molar-refractivity contribution is -0.137. The largest absolute Gasteiger partial charge is 0.416 e. The summed E-state index contributed by atoms with van der Waals surface area (Å²) in [4.78, 5) is 11.3. The molecular formula is C19H15F3N2O. The normalized spacial score (nSPS) is 11.7. The van der Waals surface area contributed by atoms with Crippen LogP contribution in [0.25, 0.3) is 22.2 Å². The number of benzene rings is 2. The summed E-state index contributed by atoms with van der Waals surface area (Å²) in [5.74, 6) is -0.598. The summed E-state index contributed by atoms with van der Waals surface area (Å²) in [6.07, 6.45) is -2.53. The molecule has 0 saturated carbocycles. The van der Waals surface area contributed by atoms with Crippen LogP contribution in [0.5, 0.6) is 0 Å². The van der Waals surface area contributed by atoms with Crippen molar-refractivity contribution in [1.29, 1.82) is 0 Å². The number of primary amides is 1. The number of fused-ring (bicyclic) bond motifs is 1. The van der Waals surface area contributed by atoms with Crippen LogP contribution >= 0.6 is 0 Å². The molecule has 0 spiro atoms. The average Bonchev–Trinajstić information content (AvgIpc) is 2.90. The predicted molar refractivity (Wildman–Crippen MR) is 91.2 cm³/mol. The second kappa shape index (κ2) is 5.81. The maximum absolute atomic E-state index is 12.7. The Morgan fingerprint density at radius 1 is 1.12 bits per heavy atom. The Balaban J connectivity index is 2.09. The van der Waals surface area contributed by atoms with Gasteiger partial charge in [-0.05, 0) is 54.4 Å². The van der Waals surface area contributed by atoms with Crippen LogP contribution in [0.4, 0.5) is 13.2 Å². The van der Waals surface area contributed by atoms with Crippen molar-refractivity contribution in [2.45, 2.75) is 13.1 Å². The van der Waals surface area contributed by atoms with Crippen LogP contribution in [0.2, 0.25) is 0 Å². The maximum atomic E-state index is 12.7. The van der Waals surface area contributed by atoms with Crippen molar-refractivity contribution in [2.24, 2.45) is 5.73 Å². The number of hydrogen-bond donors (Lipinski definition) is 1. The first kappa shape index (κ1) is 16.8. The molecule has 0 aliphatic carbocycles. The molecule has 0 fully saturated rings. The van der Waals surface area contributed by atoms with Crippen LogP contribution in [0, 0.1) is 6.92 Å². The van der Waals surface area contributed by atoms with Gasteiger partial charge in [0.25, 0.3) is 0 Å². The van der Waals surface area contributed by atoms with Gasteiger partial charge >= 0.3 is 6.18 Å². The Bertz CT molecular complexity index is 982. The fourth-order valence-corrected chi connectivity index (χ4v) is 2.75. The highest BCUT2D eigenvalue weighted by Crippen LogP contribution is 2.31. The van der Waals surface area contributed by atoms with Crippen molar-refractivity contribution in [3.63, 3.8) is 0 Å². The van der Waals surface area contributed by atoms with E-state index in [2.05, 4.69) is 6.58 Å². The number of carbonyl (C=O) groups excluding carboxylic acids is 1. The van der Waals surface area contributed by atoms with E-state index in [1.54, 1.807) is 18.2 Å². The molecule has 128 valence electrons. The molecule has 2 N–H and O–H groups in total. The van der Waals surface area contributed by atoms with E-state index < -0.39 is 17.6 Å². The second-order valence-corrected chi connectivity index (χ2v) is 5.80.